The van der Waals surface area contributed by atoms with Crippen molar-refractivity contribution in [3.05, 3.63) is 0 Å². The minimum absolute atomic E-state index is 0.190. The van der Waals surface area contributed by atoms with Crippen molar-refractivity contribution in [2.45, 2.75) is 45.3 Å². The van der Waals surface area contributed by atoms with Gasteiger partial charge in [0.1, 0.15) is 0 Å². The van der Waals surface area contributed by atoms with Crippen molar-refractivity contribution < 1.29 is 5.11 Å². The van der Waals surface area contributed by atoms with E-state index in [1.54, 1.807) is 0 Å². The zero-order valence-electron chi connectivity index (χ0n) is 7.51. The molecule has 0 spiro atoms. The highest BCUT2D eigenvalue weighted by atomic mass is 16.3. The lowest BCUT2D eigenvalue weighted by atomic mass is 9.88. The maximum Gasteiger partial charge on any atom is 0.0665 e. The molecule has 0 amide bonds. The van der Waals surface area contributed by atoms with Gasteiger partial charge in [-0.05, 0) is 32.2 Å². The van der Waals surface area contributed by atoms with Gasteiger partial charge in [-0.15, -0.1) is 0 Å². The Labute approximate surface area is 69.0 Å². The average molecular weight is 157 g/mol. The van der Waals surface area contributed by atoms with Gasteiger partial charge in [0, 0.05) is 6.04 Å². The first-order valence-corrected chi connectivity index (χ1v) is 4.65. The summed E-state index contributed by atoms with van der Waals surface area (Å²) in [6.45, 7) is 5.18. The lowest BCUT2D eigenvalue weighted by Gasteiger charge is -2.31. The lowest BCUT2D eigenvalue weighted by Crippen LogP contribution is -2.44. The summed E-state index contributed by atoms with van der Waals surface area (Å²) in [6, 6.07) is 0.341. The molecule has 1 saturated heterocycles. The van der Waals surface area contributed by atoms with Crippen LogP contribution in [0.25, 0.3) is 0 Å². The van der Waals surface area contributed by atoms with Crippen molar-refractivity contribution in [3.63, 3.8) is 0 Å². The second kappa shape index (κ2) is 4.07. The molecule has 2 N–H and O–H groups in total. The minimum Gasteiger partial charge on any atom is -0.392 e. The Morgan fingerprint density at radius 2 is 2.36 bits per heavy atom. The van der Waals surface area contributed by atoms with E-state index in [1.807, 2.05) is 6.92 Å². The molecular formula is C9H19NO. The fourth-order valence-corrected chi connectivity index (χ4v) is 1.77. The summed E-state index contributed by atoms with van der Waals surface area (Å²) in [5, 5.41) is 12.7. The monoisotopic (exact) mass is 157 g/mol. The van der Waals surface area contributed by atoms with E-state index in [0.29, 0.717) is 6.04 Å². The molecule has 2 nitrogen and oxygen atoms in total. The molecule has 11 heavy (non-hydrogen) atoms. The zero-order valence-corrected chi connectivity index (χ0v) is 7.51. The van der Waals surface area contributed by atoms with Crippen LogP contribution in [0.4, 0.5) is 0 Å². The van der Waals surface area contributed by atoms with Crippen molar-refractivity contribution in [2.75, 3.05) is 6.54 Å². The SMILES string of the molecule is CCC1CCNC(C(C)O)C1. The maximum absolute atomic E-state index is 9.33. The molecular weight excluding hydrogens is 138 g/mol. The van der Waals surface area contributed by atoms with E-state index >= 15 is 0 Å². The summed E-state index contributed by atoms with van der Waals surface area (Å²) >= 11 is 0. The fourth-order valence-electron chi connectivity index (χ4n) is 1.77. The summed E-state index contributed by atoms with van der Waals surface area (Å²) in [4.78, 5) is 0. The first-order chi connectivity index (χ1) is 5.24. The number of aliphatic hydroxyl groups is 1. The summed E-state index contributed by atoms with van der Waals surface area (Å²) in [5.74, 6) is 0.829. The third-order valence-corrected chi connectivity index (χ3v) is 2.71. The van der Waals surface area contributed by atoms with Crippen molar-refractivity contribution >= 4 is 0 Å². The second-order valence-corrected chi connectivity index (χ2v) is 3.60. The minimum atomic E-state index is -0.190. The van der Waals surface area contributed by atoms with Crippen molar-refractivity contribution in [1.29, 1.82) is 0 Å². The molecule has 0 aromatic rings. The van der Waals surface area contributed by atoms with Gasteiger partial charge in [-0.25, -0.2) is 0 Å². The van der Waals surface area contributed by atoms with Crippen LogP contribution in [0, 0.1) is 5.92 Å². The van der Waals surface area contributed by atoms with Gasteiger partial charge in [0.15, 0.2) is 0 Å². The average Bonchev–Trinajstić information content (AvgIpc) is 2.05. The molecule has 0 aliphatic carbocycles. The Morgan fingerprint density at radius 1 is 1.64 bits per heavy atom. The Kier molecular flexibility index (Phi) is 3.34. The predicted octanol–water partition coefficient (Wildman–Crippen LogP) is 1.15. The molecule has 1 heterocycles. The summed E-state index contributed by atoms with van der Waals surface area (Å²) in [7, 11) is 0. The van der Waals surface area contributed by atoms with Gasteiger partial charge in [-0.1, -0.05) is 13.3 Å². The molecule has 0 bridgehead atoms. The molecule has 1 aliphatic heterocycles. The molecule has 0 radical (unpaired) electrons. The predicted molar refractivity (Wildman–Crippen MR) is 46.5 cm³/mol. The highest BCUT2D eigenvalue weighted by Gasteiger charge is 2.22. The van der Waals surface area contributed by atoms with E-state index in [2.05, 4.69) is 12.2 Å². The molecule has 1 aliphatic rings. The number of rotatable bonds is 2. The summed E-state index contributed by atoms with van der Waals surface area (Å²) in [6.07, 6.45) is 3.49. The van der Waals surface area contributed by atoms with E-state index in [1.165, 1.54) is 12.8 Å². The highest BCUT2D eigenvalue weighted by molar-refractivity contribution is 4.80. The quantitative estimate of drug-likeness (QED) is 0.630. The van der Waals surface area contributed by atoms with Crippen molar-refractivity contribution in [2.24, 2.45) is 5.92 Å². The van der Waals surface area contributed by atoms with E-state index in [-0.39, 0.29) is 6.10 Å². The van der Waals surface area contributed by atoms with Gasteiger partial charge in [0.2, 0.25) is 0 Å². The lowest BCUT2D eigenvalue weighted by molar-refractivity contribution is 0.113. The number of aliphatic hydroxyl groups excluding tert-OH is 1. The molecule has 0 aromatic heterocycles. The van der Waals surface area contributed by atoms with E-state index < -0.39 is 0 Å². The first kappa shape index (κ1) is 9.01. The first-order valence-electron chi connectivity index (χ1n) is 4.65. The van der Waals surface area contributed by atoms with Crippen LogP contribution >= 0.6 is 0 Å². The Hall–Kier alpha value is -0.0800. The van der Waals surface area contributed by atoms with Gasteiger partial charge in [0.05, 0.1) is 6.10 Å². The number of hydrogen-bond donors (Lipinski definition) is 2. The topological polar surface area (TPSA) is 32.3 Å². The van der Waals surface area contributed by atoms with Gasteiger partial charge in [-0.2, -0.15) is 0 Å². The second-order valence-electron chi connectivity index (χ2n) is 3.60. The number of piperidine rings is 1. The third-order valence-electron chi connectivity index (χ3n) is 2.71. The van der Waals surface area contributed by atoms with Gasteiger partial charge >= 0.3 is 0 Å². The highest BCUT2D eigenvalue weighted by Crippen LogP contribution is 2.20. The molecule has 2 heteroatoms. The van der Waals surface area contributed by atoms with Crippen molar-refractivity contribution in [1.82, 2.24) is 5.32 Å². The van der Waals surface area contributed by atoms with Gasteiger partial charge in [-0.3, -0.25) is 0 Å². The van der Waals surface area contributed by atoms with E-state index in [9.17, 15) is 5.11 Å². The smallest absolute Gasteiger partial charge is 0.0665 e. The van der Waals surface area contributed by atoms with E-state index in [0.717, 1.165) is 18.9 Å². The Morgan fingerprint density at radius 3 is 2.91 bits per heavy atom. The summed E-state index contributed by atoms with van der Waals surface area (Å²) < 4.78 is 0. The number of nitrogens with one attached hydrogen (secondary N) is 1. The number of hydrogen-bond acceptors (Lipinski definition) is 2. The standard InChI is InChI=1S/C9H19NO/c1-3-8-4-5-10-9(6-8)7(2)11/h7-11H,3-6H2,1-2H3. The molecule has 0 saturated carbocycles. The van der Waals surface area contributed by atoms with Crippen LogP contribution in [0.3, 0.4) is 0 Å². The van der Waals surface area contributed by atoms with Crippen LogP contribution in [-0.2, 0) is 0 Å². The Balaban J connectivity index is 2.33. The third kappa shape index (κ3) is 2.46. The molecule has 3 atom stereocenters. The normalized spacial score (nSPS) is 35.2. The van der Waals surface area contributed by atoms with Crippen LogP contribution in [0.2, 0.25) is 0 Å². The maximum atomic E-state index is 9.33. The van der Waals surface area contributed by atoms with Crippen LogP contribution < -0.4 is 5.32 Å². The van der Waals surface area contributed by atoms with Crippen LogP contribution in [0.5, 0.6) is 0 Å². The van der Waals surface area contributed by atoms with Crippen LogP contribution in [0.15, 0.2) is 0 Å². The summed E-state index contributed by atoms with van der Waals surface area (Å²) in [5.41, 5.74) is 0. The largest absolute Gasteiger partial charge is 0.392 e. The molecule has 3 unspecified atom stereocenters. The van der Waals surface area contributed by atoms with Crippen molar-refractivity contribution in [3.8, 4) is 0 Å². The fraction of sp³-hybridized carbons (Fsp3) is 1.00. The van der Waals surface area contributed by atoms with Crippen LogP contribution in [-0.4, -0.2) is 23.8 Å². The molecule has 0 aromatic carbocycles. The van der Waals surface area contributed by atoms with Crippen LogP contribution in [0.1, 0.15) is 33.1 Å². The molecule has 66 valence electrons. The van der Waals surface area contributed by atoms with Gasteiger partial charge in [0.25, 0.3) is 0 Å². The Bertz CT molecular complexity index is 114. The zero-order chi connectivity index (χ0) is 8.27. The van der Waals surface area contributed by atoms with E-state index in [4.69, 9.17) is 0 Å². The molecule has 1 fully saturated rings. The van der Waals surface area contributed by atoms with Gasteiger partial charge < -0.3 is 10.4 Å². The molecule has 1 rings (SSSR count).